The average molecular weight is 476 g/mol. The molecule has 0 saturated heterocycles. The van der Waals surface area contributed by atoms with E-state index in [0.717, 1.165) is 23.4 Å². The predicted molar refractivity (Wildman–Crippen MR) is 134 cm³/mol. The first-order valence-corrected chi connectivity index (χ1v) is 13.0. The van der Waals surface area contributed by atoms with Crippen LogP contribution in [0.5, 0.6) is 5.75 Å². The lowest BCUT2D eigenvalue weighted by Crippen LogP contribution is -2.37. The van der Waals surface area contributed by atoms with Crippen LogP contribution in [0.1, 0.15) is 45.5 Å². The van der Waals surface area contributed by atoms with Crippen molar-refractivity contribution in [3.63, 3.8) is 0 Å². The highest BCUT2D eigenvalue weighted by molar-refractivity contribution is 7.15. The molecule has 0 saturated carbocycles. The molecule has 2 aliphatic rings. The maximum atomic E-state index is 13.9. The highest BCUT2D eigenvalue weighted by atomic mass is 32.1. The van der Waals surface area contributed by atoms with Crippen LogP contribution in [0.15, 0.2) is 60.1 Å². The van der Waals surface area contributed by atoms with E-state index in [9.17, 15) is 4.79 Å². The van der Waals surface area contributed by atoms with Gasteiger partial charge in [-0.1, -0.05) is 18.2 Å². The number of thiophene rings is 2. The molecule has 7 heteroatoms. The van der Waals surface area contributed by atoms with Gasteiger partial charge in [-0.05, 0) is 67.0 Å². The molecule has 2 amide bonds. The van der Waals surface area contributed by atoms with E-state index in [1.807, 2.05) is 40.5 Å². The normalized spacial score (nSPS) is 17.0. The van der Waals surface area contributed by atoms with E-state index in [4.69, 9.17) is 4.74 Å². The van der Waals surface area contributed by atoms with E-state index >= 15 is 0 Å². The molecule has 4 heterocycles. The fourth-order valence-electron chi connectivity index (χ4n) is 5.07. The molecule has 6 rings (SSSR count). The molecule has 0 radical (unpaired) electrons. The highest BCUT2D eigenvalue weighted by Crippen LogP contribution is 2.45. The Hall–Kier alpha value is -3.03. The van der Waals surface area contributed by atoms with Gasteiger partial charge in [0, 0.05) is 21.5 Å². The molecular weight excluding hydrogens is 450 g/mol. The second-order valence-corrected chi connectivity index (χ2v) is 10.5. The Labute approximate surface area is 201 Å². The van der Waals surface area contributed by atoms with Crippen molar-refractivity contribution in [1.82, 2.24) is 9.47 Å². The monoisotopic (exact) mass is 475 g/mol. The van der Waals surface area contributed by atoms with Gasteiger partial charge in [-0.25, -0.2) is 4.79 Å². The fraction of sp³-hybridized carbons (Fsp3) is 0.269. The van der Waals surface area contributed by atoms with Gasteiger partial charge in [0.1, 0.15) is 16.8 Å². The number of rotatable bonds is 3. The van der Waals surface area contributed by atoms with E-state index in [0.29, 0.717) is 18.0 Å². The molecule has 0 fully saturated rings. The fourth-order valence-corrected chi connectivity index (χ4v) is 7.32. The third kappa shape index (κ3) is 3.47. The van der Waals surface area contributed by atoms with Gasteiger partial charge >= 0.3 is 6.03 Å². The van der Waals surface area contributed by atoms with E-state index in [-0.39, 0.29) is 12.1 Å². The molecule has 1 aliphatic carbocycles. The molecule has 168 valence electrons. The Morgan fingerprint density at radius 3 is 2.79 bits per heavy atom. The first-order chi connectivity index (χ1) is 16.2. The summed E-state index contributed by atoms with van der Waals surface area (Å²) in [6.07, 6.45) is 6.87. The van der Waals surface area contributed by atoms with Crippen molar-refractivity contribution in [2.45, 2.75) is 38.3 Å². The molecule has 33 heavy (non-hydrogen) atoms. The van der Waals surface area contributed by atoms with Gasteiger partial charge in [0.05, 0.1) is 25.0 Å². The zero-order valence-electron chi connectivity index (χ0n) is 18.4. The lowest BCUT2D eigenvalue weighted by Gasteiger charge is -2.30. The van der Waals surface area contributed by atoms with Crippen LogP contribution in [-0.4, -0.2) is 22.6 Å². The number of amides is 2. The summed E-state index contributed by atoms with van der Waals surface area (Å²) in [6, 6.07) is 15.7. The highest BCUT2D eigenvalue weighted by Gasteiger charge is 2.36. The molecule has 1 N–H and O–H groups in total. The van der Waals surface area contributed by atoms with Crippen LogP contribution in [0.3, 0.4) is 0 Å². The van der Waals surface area contributed by atoms with Crippen LogP contribution in [0.25, 0.3) is 5.00 Å². The number of methoxy groups -OCH3 is 1. The molecular formula is C26H25N3O2S2. The zero-order valence-corrected chi connectivity index (χ0v) is 20.0. The van der Waals surface area contributed by atoms with Gasteiger partial charge in [-0.2, -0.15) is 0 Å². The number of aryl methyl sites for hydroxylation is 1. The Morgan fingerprint density at radius 1 is 1.06 bits per heavy atom. The van der Waals surface area contributed by atoms with Crippen LogP contribution in [0, 0.1) is 0 Å². The summed E-state index contributed by atoms with van der Waals surface area (Å²) in [5, 5.41) is 6.50. The third-order valence-corrected chi connectivity index (χ3v) is 8.86. The number of nitrogens with one attached hydrogen (secondary N) is 1. The number of ether oxygens (including phenoxy) is 1. The van der Waals surface area contributed by atoms with Crippen molar-refractivity contribution < 1.29 is 9.53 Å². The smallest absolute Gasteiger partial charge is 0.323 e. The quantitative estimate of drug-likeness (QED) is 0.362. The summed E-state index contributed by atoms with van der Waals surface area (Å²) in [4.78, 5) is 18.5. The molecule has 0 bridgehead atoms. The number of hydrogen-bond donors (Lipinski definition) is 1. The second-order valence-electron chi connectivity index (χ2n) is 8.47. The molecule has 1 aromatic carbocycles. The van der Waals surface area contributed by atoms with Crippen LogP contribution in [0.4, 0.5) is 10.5 Å². The van der Waals surface area contributed by atoms with Crippen molar-refractivity contribution in [2.75, 3.05) is 12.4 Å². The Bertz CT molecular complexity index is 1310. The standard InChI is InChI=1S/C26H25N3O2S2/c1-31-21-11-4-3-9-19(21)27-26(30)29-16-18-17-8-2-5-12-22(17)33-25(18)28-14-6-10-20(28)24(29)23-13-7-15-32-23/h3-4,6-7,9-11,13-15,24H,2,5,8,12,16H2,1H3,(H,27,30)/t24-/m0/s1. The minimum Gasteiger partial charge on any atom is -0.495 e. The number of carbonyl (C=O) groups excluding carboxylic acids is 1. The van der Waals surface area contributed by atoms with Crippen LogP contribution < -0.4 is 10.1 Å². The van der Waals surface area contributed by atoms with E-state index in [1.54, 1.807) is 18.4 Å². The molecule has 4 aromatic rings. The van der Waals surface area contributed by atoms with Gasteiger partial charge in [0.2, 0.25) is 0 Å². The average Bonchev–Trinajstić information content (AvgIpc) is 3.59. The first kappa shape index (κ1) is 20.6. The van der Waals surface area contributed by atoms with Crippen molar-refractivity contribution in [2.24, 2.45) is 0 Å². The first-order valence-electron chi connectivity index (χ1n) is 11.3. The Morgan fingerprint density at radius 2 is 1.94 bits per heavy atom. The number of carbonyl (C=O) groups is 1. The minimum atomic E-state index is -0.159. The maximum Gasteiger partial charge on any atom is 0.323 e. The summed E-state index contributed by atoms with van der Waals surface area (Å²) in [7, 11) is 1.63. The summed E-state index contributed by atoms with van der Waals surface area (Å²) in [5.41, 5.74) is 4.58. The molecule has 5 nitrogen and oxygen atoms in total. The van der Waals surface area contributed by atoms with Crippen LogP contribution in [0.2, 0.25) is 0 Å². The van der Waals surface area contributed by atoms with Crippen LogP contribution in [-0.2, 0) is 19.4 Å². The number of nitrogens with zero attached hydrogens (tertiary/aromatic N) is 2. The van der Waals surface area contributed by atoms with Gasteiger partial charge in [0.25, 0.3) is 0 Å². The predicted octanol–water partition coefficient (Wildman–Crippen LogP) is 6.62. The number of para-hydroxylation sites is 2. The number of fused-ring (bicyclic) bond motifs is 5. The Balaban J connectivity index is 1.48. The Kier molecular flexibility index (Phi) is 5.23. The summed E-state index contributed by atoms with van der Waals surface area (Å²) in [6.45, 7) is 0.590. The SMILES string of the molecule is COc1ccccc1NC(=O)N1Cc2c(sc3c2CCCC3)-n2cccc2[C@H]1c1cccs1. The van der Waals surface area contributed by atoms with E-state index < -0.39 is 0 Å². The summed E-state index contributed by atoms with van der Waals surface area (Å²) in [5.74, 6) is 0.658. The lowest BCUT2D eigenvalue weighted by molar-refractivity contribution is 0.195. The molecule has 1 aliphatic heterocycles. The maximum absolute atomic E-state index is 13.9. The van der Waals surface area contributed by atoms with Crippen molar-refractivity contribution in [3.8, 4) is 10.8 Å². The van der Waals surface area contributed by atoms with Crippen LogP contribution >= 0.6 is 22.7 Å². The topological polar surface area (TPSA) is 46.5 Å². The molecule has 3 aromatic heterocycles. The lowest BCUT2D eigenvalue weighted by atomic mass is 9.95. The molecule has 0 spiro atoms. The van der Waals surface area contributed by atoms with Crippen molar-refractivity contribution >= 4 is 34.4 Å². The third-order valence-electron chi connectivity index (χ3n) is 6.60. The van der Waals surface area contributed by atoms with Gasteiger partial charge in [0.15, 0.2) is 0 Å². The number of anilines is 1. The molecule has 1 atom stereocenters. The van der Waals surface area contributed by atoms with Gasteiger partial charge in [-0.3, -0.25) is 0 Å². The van der Waals surface area contributed by atoms with Gasteiger partial charge in [-0.15, -0.1) is 22.7 Å². The summed E-state index contributed by atoms with van der Waals surface area (Å²) >= 11 is 3.60. The largest absolute Gasteiger partial charge is 0.495 e. The van der Waals surface area contributed by atoms with E-state index in [1.165, 1.54) is 33.8 Å². The molecule has 0 unspecified atom stereocenters. The number of urea groups is 1. The van der Waals surface area contributed by atoms with Crippen molar-refractivity contribution in [1.29, 1.82) is 0 Å². The number of benzene rings is 1. The summed E-state index contributed by atoms with van der Waals surface area (Å²) < 4.78 is 7.80. The zero-order chi connectivity index (χ0) is 22.4. The number of hydrogen-bond acceptors (Lipinski definition) is 4. The number of aromatic nitrogens is 1. The minimum absolute atomic E-state index is 0.116. The van der Waals surface area contributed by atoms with E-state index in [2.05, 4.69) is 45.7 Å². The van der Waals surface area contributed by atoms with Crippen molar-refractivity contribution in [3.05, 3.63) is 86.7 Å². The van der Waals surface area contributed by atoms with Gasteiger partial charge < -0.3 is 19.5 Å². The second kappa shape index (κ2) is 8.39.